The lowest BCUT2D eigenvalue weighted by molar-refractivity contribution is -0.0756. The van der Waals surface area contributed by atoms with Gasteiger partial charge in [-0.3, -0.25) is 9.63 Å². The van der Waals surface area contributed by atoms with E-state index < -0.39 is 0 Å². The van der Waals surface area contributed by atoms with E-state index in [1.165, 1.54) is 31.0 Å². The number of methoxy groups -OCH3 is 1. The number of amides is 1. The summed E-state index contributed by atoms with van der Waals surface area (Å²) < 4.78 is 20.0. The number of hydrogen-bond donors (Lipinski definition) is 0. The summed E-state index contributed by atoms with van der Waals surface area (Å²) in [5, 5.41) is 5.65. The highest BCUT2D eigenvalue weighted by Gasteiger charge is 2.22. The van der Waals surface area contributed by atoms with Crippen LogP contribution in [0.15, 0.2) is 54.7 Å². The van der Waals surface area contributed by atoms with Crippen LogP contribution < -0.4 is 4.74 Å². The zero-order chi connectivity index (χ0) is 18.7. The Bertz CT molecular complexity index is 922. The average molecular weight is 355 g/mol. The smallest absolute Gasteiger partial charge is 0.281 e. The van der Waals surface area contributed by atoms with Crippen molar-refractivity contribution < 1.29 is 18.8 Å². The molecule has 134 valence electrons. The van der Waals surface area contributed by atoms with Gasteiger partial charge in [0, 0.05) is 18.8 Å². The van der Waals surface area contributed by atoms with Gasteiger partial charge in [0.15, 0.2) is 0 Å². The van der Waals surface area contributed by atoms with Gasteiger partial charge in [0.1, 0.15) is 17.3 Å². The van der Waals surface area contributed by atoms with Crippen molar-refractivity contribution in [3.63, 3.8) is 0 Å². The maximum absolute atomic E-state index is 13.2. The van der Waals surface area contributed by atoms with Crippen molar-refractivity contribution in [3.8, 4) is 22.7 Å². The number of hydroxylamine groups is 2. The lowest BCUT2D eigenvalue weighted by atomic mass is 10.1. The van der Waals surface area contributed by atoms with E-state index in [1.54, 1.807) is 31.5 Å². The Kier molecular flexibility index (Phi) is 4.99. The van der Waals surface area contributed by atoms with Crippen LogP contribution in [0.5, 0.6) is 5.75 Å². The van der Waals surface area contributed by atoms with Gasteiger partial charge in [-0.25, -0.2) is 14.1 Å². The Morgan fingerprint density at radius 3 is 2.54 bits per heavy atom. The predicted molar refractivity (Wildman–Crippen MR) is 94.6 cm³/mol. The van der Waals surface area contributed by atoms with Crippen LogP contribution >= 0.6 is 0 Å². The van der Waals surface area contributed by atoms with E-state index in [1.807, 2.05) is 18.2 Å². The molecule has 0 atom stereocenters. The summed E-state index contributed by atoms with van der Waals surface area (Å²) in [5.74, 6) is -0.0413. The second kappa shape index (κ2) is 7.37. The monoisotopic (exact) mass is 355 g/mol. The van der Waals surface area contributed by atoms with E-state index in [0.717, 1.165) is 10.6 Å². The topological polar surface area (TPSA) is 56.6 Å². The van der Waals surface area contributed by atoms with Crippen molar-refractivity contribution >= 4 is 5.91 Å². The second-order valence-corrected chi connectivity index (χ2v) is 5.53. The first-order chi connectivity index (χ1) is 12.5. The molecule has 3 rings (SSSR count). The lowest BCUT2D eigenvalue weighted by Crippen LogP contribution is -2.25. The van der Waals surface area contributed by atoms with Crippen molar-refractivity contribution in [2.24, 2.45) is 0 Å². The van der Waals surface area contributed by atoms with Crippen LogP contribution in [0, 0.1) is 5.82 Å². The molecule has 2 aromatic carbocycles. The third-order valence-corrected chi connectivity index (χ3v) is 3.94. The fraction of sp³-hybridized carbons (Fsp3) is 0.158. The van der Waals surface area contributed by atoms with Gasteiger partial charge in [-0.15, -0.1) is 0 Å². The SMILES string of the molecule is COc1cccc(-c2nn(-c3ccc(F)cc3)cc2C(=O)N(C)OC)c1. The van der Waals surface area contributed by atoms with Crippen molar-refractivity contribution in [3.05, 3.63) is 66.1 Å². The number of ether oxygens (including phenoxy) is 1. The van der Waals surface area contributed by atoms with E-state index in [2.05, 4.69) is 5.10 Å². The molecule has 1 aromatic heterocycles. The number of nitrogens with zero attached hydrogens (tertiary/aromatic N) is 3. The molecule has 0 aliphatic carbocycles. The fourth-order valence-electron chi connectivity index (χ4n) is 2.49. The van der Waals surface area contributed by atoms with Crippen molar-refractivity contribution in [1.29, 1.82) is 0 Å². The van der Waals surface area contributed by atoms with Crippen LogP contribution in [-0.4, -0.2) is 42.0 Å². The summed E-state index contributed by atoms with van der Waals surface area (Å²) in [6.45, 7) is 0. The molecule has 0 fully saturated rings. The highest BCUT2D eigenvalue weighted by atomic mass is 19.1. The minimum atomic E-state index is -0.348. The van der Waals surface area contributed by atoms with E-state index in [4.69, 9.17) is 9.57 Å². The lowest BCUT2D eigenvalue weighted by Gasteiger charge is -2.13. The first-order valence-electron chi connectivity index (χ1n) is 7.85. The number of aromatic nitrogens is 2. The summed E-state index contributed by atoms with van der Waals surface area (Å²) in [5.41, 5.74) is 2.18. The molecule has 0 unspecified atom stereocenters. The molecule has 26 heavy (non-hydrogen) atoms. The third kappa shape index (κ3) is 3.43. The van der Waals surface area contributed by atoms with E-state index >= 15 is 0 Å². The van der Waals surface area contributed by atoms with Crippen molar-refractivity contribution in [1.82, 2.24) is 14.8 Å². The zero-order valence-electron chi connectivity index (χ0n) is 14.6. The maximum atomic E-state index is 13.2. The van der Waals surface area contributed by atoms with Gasteiger partial charge >= 0.3 is 0 Å². The van der Waals surface area contributed by atoms with Crippen LogP contribution in [0.1, 0.15) is 10.4 Å². The molecule has 0 bridgehead atoms. The maximum Gasteiger partial charge on any atom is 0.281 e. The molecular formula is C19H18FN3O3. The summed E-state index contributed by atoms with van der Waals surface area (Å²) in [4.78, 5) is 17.7. The van der Waals surface area contributed by atoms with Crippen LogP contribution in [0.25, 0.3) is 16.9 Å². The molecule has 1 amide bonds. The minimum Gasteiger partial charge on any atom is -0.497 e. The molecule has 0 spiro atoms. The van der Waals surface area contributed by atoms with Crippen molar-refractivity contribution in [2.75, 3.05) is 21.3 Å². The number of benzene rings is 2. The Morgan fingerprint density at radius 1 is 1.15 bits per heavy atom. The summed E-state index contributed by atoms with van der Waals surface area (Å²) >= 11 is 0. The molecular weight excluding hydrogens is 337 g/mol. The zero-order valence-corrected chi connectivity index (χ0v) is 14.6. The summed E-state index contributed by atoms with van der Waals surface area (Å²) in [7, 11) is 4.50. The number of carbonyl (C=O) groups is 1. The van der Waals surface area contributed by atoms with Crippen LogP contribution in [-0.2, 0) is 4.84 Å². The fourth-order valence-corrected chi connectivity index (χ4v) is 2.49. The average Bonchev–Trinajstić information content (AvgIpc) is 3.12. The molecule has 0 radical (unpaired) electrons. The van der Waals surface area contributed by atoms with E-state index in [-0.39, 0.29) is 11.7 Å². The molecule has 0 saturated heterocycles. The molecule has 0 aliphatic rings. The van der Waals surface area contributed by atoms with Gasteiger partial charge in [-0.05, 0) is 36.4 Å². The Morgan fingerprint density at radius 2 is 1.88 bits per heavy atom. The van der Waals surface area contributed by atoms with E-state index in [0.29, 0.717) is 22.7 Å². The molecule has 0 saturated carbocycles. The van der Waals surface area contributed by atoms with Crippen LogP contribution in [0.3, 0.4) is 0 Å². The second-order valence-electron chi connectivity index (χ2n) is 5.53. The van der Waals surface area contributed by atoms with Gasteiger partial charge in [-0.1, -0.05) is 12.1 Å². The molecule has 3 aromatic rings. The number of hydrogen-bond acceptors (Lipinski definition) is 4. The van der Waals surface area contributed by atoms with Crippen LogP contribution in [0.2, 0.25) is 0 Å². The predicted octanol–water partition coefficient (Wildman–Crippen LogP) is 3.32. The van der Waals surface area contributed by atoms with Gasteiger partial charge in [0.05, 0.1) is 25.5 Å². The number of halogens is 1. The highest BCUT2D eigenvalue weighted by molar-refractivity contribution is 5.99. The number of carbonyl (C=O) groups excluding carboxylic acids is 1. The molecule has 6 nitrogen and oxygen atoms in total. The van der Waals surface area contributed by atoms with Gasteiger partial charge < -0.3 is 4.74 Å². The quantitative estimate of drug-likeness (QED) is 0.659. The summed E-state index contributed by atoms with van der Waals surface area (Å²) in [6.07, 6.45) is 1.60. The Hall–Kier alpha value is -3.19. The van der Waals surface area contributed by atoms with Gasteiger partial charge in [-0.2, -0.15) is 5.10 Å². The first-order valence-corrected chi connectivity index (χ1v) is 7.85. The molecule has 7 heteroatoms. The standard InChI is InChI=1S/C19H18FN3O3/c1-22(26-3)19(24)17-12-23(15-9-7-14(20)8-10-15)21-18(17)13-5-4-6-16(11-13)25-2/h4-12H,1-3H3. The third-order valence-electron chi connectivity index (χ3n) is 3.94. The van der Waals surface area contributed by atoms with E-state index in [9.17, 15) is 9.18 Å². The van der Waals surface area contributed by atoms with Gasteiger partial charge in [0.25, 0.3) is 5.91 Å². The largest absolute Gasteiger partial charge is 0.497 e. The normalized spacial score (nSPS) is 10.6. The molecule has 0 N–H and O–H groups in total. The highest BCUT2D eigenvalue weighted by Crippen LogP contribution is 2.27. The Balaban J connectivity index is 2.14. The van der Waals surface area contributed by atoms with Crippen molar-refractivity contribution in [2.45, 2.75) is 0 Å². The first kappa shape index (κ1) is 17.6. The van der Waals surface area contributed by atoms with Crippen LogP contribution in [0.4, 0.5) is 4.39 Å². The Labute approximate surface area is 150 Å². The number of rotatable bonds is 5. The molecule has 1 heterocycles. The molecule has 0 aliphatic heterocycles. The minimum absolute atomic E-state index is 0.343. The summed E-state index contributed by atoms with van der Waals surface area (Å²) in [6, 6.07) is 13.1. The van der Waals surface area contributed by atoms with Gasteiger partial charge in [0.2, 0.25) is 0 Å².